The number of rotatable bonds is 4. The minimum atomic E-state index is -0.855. The number of fused-ring (bicyclic) bond motifs is 1. The summed E-state index contributed by atoms with van der Waals surface area (Å²) in [6, 6.07) is 12.7. The normalized spacial score (nSPS) is 12.6. The Labute approximate surface area is 127 Å². The van der Waals surface area contributed by atoms with Crippen molar-refractivity contribution >= 4 is 23.1 Å². The quantitative estimate of drug-likeness (QED) is 0.691. The zero-order chi connectivity index (χ0) is 15.4. The number of esters is 1. The average molecular weight is 294 g/mol. The third kappa shape index (κ3) is 2.88. The number of hydrogen-bond donors (Lipinski definition) is 1. The van der Waals surface area contributed by atoms with Crippen LogP contribution in [0, 0.1) is 0 Å². The molecule has 2 aromatic rings. The maximum Gasteiger partial charge on any atom is 0.380 e. The van der Waals surface area contributed by atoms with Crippen molar-refractivity contribution in [3.8, 4) is 0 Å². The van der Waals surface area contributed by atoms with Crippen molar-refractivity contribution in [2.24, 2.45) is 0 Å². The van der Waals surface area contributed by atoms with Gasteiger partial charge in [0.1, 0.15) is 12.4 Å². The summed E-state index contributed by atoms with van der Waals surface area (Å²) in [5, 5.41) is 3.05. The highest BCUT2D eigenvalue weighted by Gasteiger charge is 2.25. The Kier molecular flexibility index (Phi) is 3.96. The monoisotopic (exact) mass is 294 g/mol. The fraction of sp³-hybridized carbons (Fsp3) is 0.118. The molecule has 0 unspecified atom stereocenters. The van der Waals surface area contributed by atoms with Crippen molar-refractivity contribution < 1.29 is 14.3 Å². The van der Waals surface area contributed by atoms with Crippen molar-refractivity contribution in [2.45, 2.75) is 6.61 Å². The maximum absolute atomic E-state index is 12.3. The summed E-state index contributed by atoms with van der Waals surface area (Å²) < 4.78 is 5.09. The number of ether oxygens (including phenoxy) is 1. The summed E-state index contributed by atoms with van der Waals surface area (Å²) in [4.78, 5) is 28.4. The van der Waals surface area contributed by atoms with E-state index in [1.807, 2.05) is 30.3 Å². The standard InChI is InChI=1S/C17H14N2O3/c20-15(17(21)22-11-12-5-2-1-3-6-12)13-8-10-19-16-14(13)7-4-9-18-16/h1-9H,10-11H2,(H,18,19). The molecule has 110 valence electrons. The van der Waals surface area contributed by atoms with Gasteiger partial charge >= 0.3 is 5.97 Å². The molecule has 0 bridgehead atoms. The Balaban J connectivity index is 1.71. The molecular weight excluding hydrogens is 280 g/mol. The number of aromatic nitrogens is 1. The summed E-state index contributed by atoms with van der Waals surface area (Å²) in [5.74, 6) is -0.900. The Morgan fingerprint density at radius 3 is 2.77 bits per heavy atom. The zero-order valence-corrected chi connectivity index (χ0v) is 11.8. The fourth-order valence-corrected chi connectivity index (χ4v) is 2.24. The van der Waals surface area contributed by atoms with E-state index >= 15 is 0 Å². The van der Waals surface area contributed by atoms with Crippen LogP contribution in [0.1, 0.15) is 11.1 Å². The van der Waals surface area contributed by atoms with Gasteiger partial charge in [0.15, 0.2) is 0 Å². The third-order valence-corrected chi connectivity index (χ3v) is 3.32. The van der Waals surface area contributed by atoms with Crippen LogP contribution in [0.4, 0.5) is 5.82 Å². The molecule has 22 heavy (non-hydrogen) atoms. The predicted octanol–water partition coefficient (Wildman–Crippen LogP) is 2.20. The Bertz CT molecular complexity index is 739. The largest absolute Gasteiger partial charge is 0.455 e. The number of hydrogen-bond acceptors (Lipinski definition) is 5. The van der Waals surface area contributed by atoms with Crippen LogP contribution < -0.4 is 5.32 Å². The number of nitrogens with one attached hydrogen (secondary N) is 1. The van der Waals surface area contributed by atoms with Crippen molar-refractivity contribution in [1.29, 1.82) is 0 Å². The number of benzene rings is 1. The van der Waals surface area contributed by atoms with Crippen molar-refractivity contribution in [3.63, 3.8) is 0 Å². The lowest BCUT2D eigenvalue weighted by Gasteiger charge is -2.16. The van der Waals surface area contributed by atoms with Crippen LogP contribution in [0.5, 0.6) is 0 Å². The molecule has 0 fully saturated rings. The number of Topliss-reactive ketones (excluding diaryl/α,β-unsaturated/α-hetero) is 1. The smallest absolute Gasteiger partial charge is 0.380 e. The second-order valence-corrected chi connectivity index (χ2v) is 4.79. The van der Waals surface area contributed by atoms with Gasteiger partial charge in [0.25, 0.3) is 5.78 Å². The number of pyridine rings is 1. The molecule has 1 aliphatic heterocycles. The molecule has 3 rings (SSSR count). The molecule has 0 amide bonds. The first-order valence-electron chi connectivity index (χ1n) is 6.90. The van der Waals surface area contributed by atoms with E-state index in [4.69, 9.17) is 4.74 Å². The van der Waals surface area contributed by atoms with Crippen molar-refractivity contribution in [3.05, 3.63) is 65.9 Å². The fourth-order valence-electron chi connectivity index (χ4n) is 2.24. The van der Waals surface area contributed by atoms with Crippen LogP contribution in [0.25, 0.3) is 5.57 Å². The summed E-state index contributed by atoms with van der Waals surface area (Å²) in [6.45, 7) is 0.536. The first-order valence-corrected chi connectivity index (χ1v) is 6.90. The van der Waals surface area contributed by atoms with E-state index in [-0.39, 0.29) is 6.61 Å². The molecule has 2 heterocycles. The summed E-state index contributed by atoms with van der Waals surface area (Å²) >= 11 is 0. The SMILES string of the molecule is O=C(OCc1ccccc1)C(=O)C1=CCNc2ncccc21. The van der Waals surface area contributed by atoms with E-state index in [0.29, 0.717) is 23.5 Å². The average Bonchev–Trinajstić information content (AvgIpc) is 2.59. The number of ketones is 1. The Morgan fingerprint density at radius 2 is 1.95 bits per heavy atom. The molecule has 1 N–H and O–H groups in total. The van der Waals surface area contributed by atoms with Crippen molar-refractivity contribution in [2.75, 3.05) is 11.9 Å². The van der Waals surface area contributed by atoms with E-state index < -0.39 is 11.8 Å². The first kappa shape index (κ1) is 14.0. The summed E-state index contributed by atoms with van der Waals surface area (Å²) in [6.07, 6.45) is 3.31. The molecule has 5 heteroatoms. The molecular formula is C17H14N2O3. The van der Waals surface area contributed by atoms with Gasteiger partial charge in [0.05, 0.1) is 0 Å². The molecule has 1 aromatic heterocycles. The number of carbonyl (C=O) groups is 2. The molecule has 1 aromatic carbocycles. The molecule has 0 radical (unpaired) electrons. The second kappa shape index (κ2) is 6.22. The highest BCUT2D eigenvalue weighted by molar-refractivity contribution is 6.52. The minimum absolute atomic E-state index is 0.0802. The molecule has 0 saturated heterocycles. The maximum atomic E-state index is 12.3. The van der Waals surface area contributed by atoms with Gasteiger partial charge in [-0.15, -0.1) is 0 Å². The zero-order valence-electron chi connectivity index (χ0n) is 11.8. The van der Waals surface area contributed by atoms with Crippen LogP contribution in [-0.4, -0.2) is 23.3 Å². The lowest BCUT2D eigenvalue weighted by atomic mass is 9.99. The highest BCUT2D eigenvalue weighted by Crippen LogP contribution is 2.26. The van der Waals surface area contributed by atoms with E-state index in [0.717, 1.165) is 5.56 Å². The molecule has 0 saturated carbocycles. The van der Waals surface area contributed by atoms with Gasteiger partial charge in [-0.1, -0.05) is 36.4 Å². The van der Waals surface area contributed by atoms with E-state index in [9.17, 15) is 9.59 Å². The van der Waals surface area contributed by atoms with Gasteiger partial charge in [0, 0.05) is 23.9 Å². The van der Waals surface area contributed by atoms with Gasteiger partial charge < -0.3 is 10.1 Å². The van der Waals surface area contributed by atoms with Crippen LogP contribution in [0.3, 0.4) is 0 Å². The number of carbonyl (C=O) groups excluding carboxylic acids is 2. The van der Waals surface area contributed by atoms with Crippen LogP contribution in [0.2, 0.25) is 0 Å². The lowest BCUT2D eigenvalue weighted by molar-refractivity contribution is -0.152. The molecule has 0 spiro atoms. The second-order valence-electron chi connectivity index (χ2n) is 4.79. The molecule has 0 atom stereocenters. The predicted molar refractivity (Wildman–Crippen MR) is 81.9 cm³/mol. The Morgan fingerprint density at radius 1 is 1.14 bits per heavy atom. The first-order chi connectivity index (χ1) is 10.8. The minimum Gasteiger partial charge on any atom is -0.455 e. The van der Waals surface area contributed by atoms with Crippen LogP contribution >= 0.6 is 0 Å². The van der Waals surface area contributed by atoms with Gasteiger partial charge in [-0.2, -0.15) is 0 Å². The molecule has 1 aliphatic rings. The van der Waals surface area contributed by atoms with Gasteiger partial charge in [0.2, 0.25) is 0 Å². The third-order valence-electron chi connectivity index (χ3n) is 3.32. The lowest BCUT2D eigenvalue weighted by Crippen LogP contribution is -2.22. The highest BCUT2D eigenvalue weighted by atomic mass is 16.5. The van der Waals surface area contributed by atoms with E-state index in [1.54, 1.807) is 24.4 Å². The van der Waals surface area contributed by atoms with Crippen molar-refractivity contribution in [1.82, 2.24) is 4.98 Å². The van der Waals surface area contributed by atoms with E-state index in [2.05, 4.69) is 10.3 Å². The van der Waals surface area contributed by atoms with Gasteiger partial charge in [-0.05, 0) is 17.7 Å². The number of nitrogens with zero attached hydrogens (tertiary/aromatic N) is 1. The topological polar surface area (TPSA) is 68.3 Å². The number of anilines is 1. The molecule has 5 nitrogen and oxygen atoms in total. The van der Waals surface area contributed by atoms with Gasteiger partial charge in [-0.3, -0.25) is 4.79 Å². The summed E-state index contributed by atoms with van der Waals surface area (Å²) in [5.41, 5.74) is 1.79. The Hall–Kier alpha value is -2.95. The van der Waals surface area contributed by atoms with Crippen LogP contribution in [0.15, 0.2) is 54.7 Å². The van der Waals surface area contributed by atoms with Crippen LogP contribution in [-0.2, 0) is 20.9 Å². The van der Waals surface area contributed by atoms with Gasteiger partial charge in [-0.25, -0.2) is 9.78 Å². The summed E-state index contributed by atoms with van der Waals surface area (Å²) in [7, 11) is 0. The van der Waals surface area contributed by atoms with E-state index in [1.165, 1.54) is 0 Å². The molecule has 0 aliphatic carbocycles.